The fraction of sp³-hybridized carbons (Fsp3) is 0.0455. The quantitative estimate of drug-likeness (QED) is 0.389. The standard InChI is InChI=1S/C22H17ClFN3O/c1-2-3-10-19(21(23)25)26-22(28)18-14-27(20-11-5-4-9-17(18)20)13-15-7-6-8-16(24)12-15/h1,3-12,14H,13,25H2,(H,26,28)/b10-3-,21-19+. The zero-order valence-corrected chi connectivity index (χ0v) is 15.6. The summed E-state index contributed by atoms with van der Waals surface area (Å²) in [5.74, 6) is 1.63. The van der Waals surface area contributed by atoms with Crippen molar-refractivity contribution >= 4 is 28.4 Å². The first-order valence-corrected chi connectivity index (χ1v) is 8.79. The summed E-state index contributed by atoms with van der Waals surface area (Å²) in [6.45, 7) is 0.420. The molecular formula is C22H17ClFN3O. The number of aromatic nitrogens is 1. The number of nitrogens with zero attached hydrogens (tertiary/aromatic N) is 1. The predicted octanol–water partition coefficient (Wildman–Crippen LogP) is 4.11. The molecular weight excluding hydrogens is 377 g/mol. The minimum Gasteiger partial charge on any atom is -0.388 e. The third-order valence-corrected chi connectivity index (χ3v) is 4.33. The van der Waals surface area contributed by atoms with E-state index < -0.39 is 0 Å². The van der Waals surface area contributed by atoms with Crippen molar-refractivity contribution in [1.82, 2.24) is 9.88 Å². The Labute approximate surface area is 167 Å². The number of terminal acetylenes is 1. The highest BCUT2D eigenvalue weighted by Gasteiger charge is 2.16. The fourth-order valence-electron chi connectivity index (χ4n) is 2.89. The predicted molar refractivity (Wildman–Crippen MR) is 110 cm³/mol. The molecule has 3 rings (SSSR count). The molecule has 1 amide bonds. The van der Waals surface area contributed by atoms with Crippen LogP contribution in [0.3, 0.4) is 0 Å². The maximum absolute atomic E-state index is 13.5. The van der Waals surface area contributed by atoms with E-state index in [1.54, 1.807) is 12.3 Å². The number of allylic oxidation sites excluding steroid dienone is 2. The van der Waals surface area contributed by atoms with Crippen LogP contribution in [0.1, 0.15) is 15.9 Å². The summed E-state index contributed by atoms with van der Waals surface area (Å²) in [5.41, 5.74) is 7.90. The maximum Gasteiger partial charge on any atom is 0.257 e. The minimum absolute atomic E-state index is 0.0802. The number of hydrogen-bond acceptors (Lipinski definition) is 2. The zero-order valence-electron chi connectivity index (χ0n) is 14.8. The average Bonchev–Trinajstić information content (AvgIpc) is 3.03. The second-order valence-electron chi connectivity index (χ2n) is 6.03. The lowest BCUT2D eigenvalue weighted by Crippen LogP contribution is -2.23. The summed E-state index contributed by atoms with van der Waals surface area (Å²) in [6, 6.07) is 13.8. The van der Waals surface area contributed by atoms with Crippen molar-refractivity contribution in [2.45, 2.75) is 6.54 Å². The Morgan fingerprint density at radius 3 is 2.79 bits per heavy atom. The molecule has 4 nitrogen and oxygen atoms in total. The Morgan fingerprint density at radius 1 is 1.29 bits per heavy atom. The van der Waals surface area contributed by atoms with Crippen molar-refractivity contribution in [2.24, 2.45) is 5.73 Å². The van der Waals surface area contributed by atoms with Crippen molar-refractivity contribution in [3.05, 3.63) is 94.7 Å². The maximum atomic E-state index is 13.5. The van der Waals surface area contributed by atoms with Crippen LogP contribution in [-0.4, -0.2) is 10.5 Å². The van der Waals surface area contributed by atoms with Gasteiger partial charge in [-0.05, 0) is 35.9 Å². The van der Waals surface area contributed by atoms with Gasteiger partial charge in [-0.15, -0.1) is 6.42 Å². The van der Waals surface area contributed by atoms with Gasteiger partial charge in [0.15, 0.2) is 0 Å². The second-order valence-corrected chi connectivity index (χ2v) is 6.44. The van der Waals surface area contributed by atoms with Crippen LogP contribution in [0.2, 0.25) is 0 Å². The van der Waals surface area contributed by atoms with Gasteiger partial charge >= 0.3 is 0 Å². The fourth-order valence-corrected chi connectivity index (χ4v) is 3.00. The van der Waals surface area contributed by atoms with Crippen molar-refractivity contribution in [2.75, 3.05) is 0 Å². The molecule has 0 aliphatic rings. The molecule has 0 aliphatic carbocycles. The molecule has 2 aromatic carbocycles. The van der Waals surface area contributed by atoms with E-state index in [0.717, 1.165) is 16.5 Å². The number of nitrogens with two attached hydrogens (primary N) is 1. The van der Waals surface area contributed by atoms with Gasteiger partial charge < -0.3 is 15.6 Å². The molecule has 0 spiro atoms. The molecule has 0 atom stereocenters. The highest BCUT2D eigenvalue weighted by molar-refractivity contribution is 6.29. The number of hydrogen-bond donors (Lipinski definition) is 2. The van der Waals surface area contributed by atoms with Crippen LogP contribution in [0.25, 0.3) is 10.9 Å². The Morgan fingerprint density at radius 2 is 2.07 bits per heavy atom. The third kappa shape index (κ3) is 4.25. The SMILES string of the molecule is C#C/C=C\C(NC(=O)c1cn(Cc2cccc(F)c2)c2ccccc12)=C(/N)Cl. The van der Waals surface area contributed by atoms with Crippen LogP contribution in [0.4, 0.5) is 4.39 Å². The highest BCUT2D eigenvalue weighted by atomic mass is 35.5. The molecule has 6 heteroatoms. The van der Waals surface area contributed by atoms with Gasteiger partial charge in [-0.2, -0.15) is 0 Å². The molecule has 0 aliphatic heterocycles. The molecule has 0 saturated carbocycles. The van der Waals surface area contributed by atoms with Crippen LogP contribution in [0.15, 0.2) is 77.7 Å². The molecule has 0 saturated heterocycles. The first-order chi connectivity index (χ1) is 13.5. The molecule has 3 aromatic rings. The van der Waals surface area contributed by atoms with Crippen molar-refractivity contribution in [3.8, 4) is 12.3 Å². The molecule has 140 valence electrons. The van der Waals surface area contributed by atoms with Crippen LogP contribution in [-0.2, 0) is 6.54 Å². The summed E-state index contributed by atoms with van der Waals surface area (Å²) in [6.07, 6.45) is 9.75. The lowest BCUT2D eigenvalue weighted by molar-refractivity contribution is 0.0968. The van der Waals surface area contributed by atoms with Crippen molar-refractivity contribution < 1.29 is 9.18 Å². The van der Waals surface area contributed by atoms with Crippen LogP contribution in [0.5, 0.6) is 0 Å². The number of halogens is 2. The molecule has 0 fully saturated rings. The molecule has 0 bridgehead atoms. The molecule has 28 heavy (non-hydrogen) atoms. The number of benzene rings is 2. The smallest absolute Gasteiger partial charge is 0.257 e. The largest absolute Gasteiger partial charge is 0.388 e. The van der Waals surface area contributed by atoms with Gasteiger partial charge in [0.2, 0.25) is 0 Å². The van der Waals surface area contributed by atoms with E-state index in [1.165, 1.54) is 24.3 Å². The second kappa shape index (κ2) is 8.47. The van der Waals surface area contributed by atoms with E-state index >= 15 is 0 Å². The van der Waals surface area contributed by atoms with Gasteiger partial charge in [-0.3, -0.25) is 4.79 Å². The summed E-state index contributed by atoms with van der Waals surface area (Å²) in [4.78, 5) is 12.8. The Balaban J connectivity index is 1.98. The molecule has 1 heterocycles. The zero-order chi connectivity index (χ0) is 20.1. The van der Waals surface area contributed by atoms with E-state index in [-0.39, 0.29) is 22.6 Å². The molecule has 3 N–H and O–H groups in total. The number of nitrogens with one attached hydrogen (secondary N) is 1. The summed E-state index contributed by atoms with van der Waals surface area (Å²) in [7, 11) is 0. The first-order valence-electron chi connectivity index (χ1n) is 8.41. The number of carbonyl (C=O) groups is 1. The lowest BCUT2D eigenvalue weighted by atomic mass is 10.1. The first kappa shape index (κ1) is 19.3. The lowest BCUT2D eigenvalue weighted by Gasteiger charge is -2.06. The van der Waals surface area contributed by atoms with E-state index in [0.29, 0.717) is 12.1 Å². The summed E-state index contributed by atoms with van der Waals surface area (Å²) in [5, 5.41) is 3.35. The van der Waals surface area contributed by atoms with Crippen molar-refractivity contribution in [1.29, 1.82) is 0 Å². The normalized spacial score (nSPS) is 12.0. The monoisotopic (exact) mass is 393 g/mol. The van der Waals surface area contributed by atoms with Crippen LogP contribution in [0, 0.1) is 18.2 Å². The molecule has 1 aromatic heterocycles. The van der Waals surface area contributed by atoms with E-state index in [1.807, 2.05) is 34.9 Å². The van der Waals surface area contributed by atoms with E-state index in [9.17, 15) is 9.18 Å². The van der Waals surface area contributed by atoms with Gasteiger partial charge in [0.05, 0.1) is 11.3 Å². The van der Waals surface area contributed by atoms with Gasteiger partial charge in [-0.25, -0.2) is 4.39 Å². The van der Waals surface area contributed by atoms with E-state index in [2.05, 4.69) is 11.2 Å². The summed E-state index contributed by atoms with van der Waals surface area (Å²) >= 11 is 5.84. The number of carbonyl (C=O) groups excluding carboxylic acids is 1. The third-order valence-electron chi connectivity index (χ3n) is 4.13. The highest BCUT2D eigenvalue weighted by Crippen LogP contribution is 2.23. The molecule has 0 radical (unpaired) electrons. The Kier molecular flexibility index (Phi) is 5.83. The van der Waals surface area contributed by atoms with Crippen LogP contribution < -0.4 is 11.1 Å². The average molecular weight is 394 g/mol. The number of fused-ring (bicyclic) bond motifs is 1. The number of rotatable bonds is 5. The Hall–Kier alpha value is -3.49. The van der Waals surface area contributed by atoms with Gasteiger partial charge in [0.25, 0.3) is 5.91 Å². The number of amides is 1. The minimum atomic E-state index is -0.380. The number of para-hydroxylation sites is 1. The van der Waals surface area contributed by atoms with Crippen LogP contribution >= 0.6 is 11.6 Å². The topological polar surface area (TPSA) is 60.0 Å². The van der Waals surface area contributed by atoms with Crippen molar-refractivity contribution in [3.63, 3.8) is 0 Å². The summed E-state index contributed by atoms with van der Waals surface area (Å²) < 4.78 is 15.4. The van der Waals surface area contributed by atoms with Gasteiger partial charge in [0, 0.05) is 23.6 Å². The molecule has 0 unspecified atom stereocenters. The van der Waals surface area contributed by atoms with E-state index in [4.69, 9.17) is 23.8 Å². The van der Waals surface area contributed by atoms with Gasteiger partial charge in [-0.1, -0.05) is 47.9 Å². The Bertz CT molecular complexity index is 1130. The van der Waals surface area contributed by atoms with Gasteiger partial charge in [0.1, 0.15) is 11.0 Å².